The van der Waals surface area contributed by atoms with E-state index in [9.17, 15) is 8.78 Å². The van der Waals surface area contributed by atoms with Gasteiger partial charge in [0.1, 0.15) is 5.75 Å². The first-order valence-electron chi connectivity index (χ1n) is 10.5. The average Bonchev–Trinajstić information content (AvgIpc) is 2.82. The molecule has 0 bridgehead atoms. The number of hydrogen-bond donors (Lipinski definition) is 1. The third-order valence-corrected chi connectivity index (χ3v) is 5.37. The van der Waals surface area contributed by atoms with E-state index < -0.39 is 6.61 Å². The van der Waals surface area contributed by atoms with Crippen molar-refractivity contribution in [2.75, 3.05) is 58.9 Å². The molecule has 0 unspecified atom stereocenters. The van der Waals surface area contributed by atoms with Gasteiger partial charge in [0.25, 0.3) is 0 Å². The topological polar surface area (TPSA) is 58.6 Å². The van der Waals surface area contributed by atoms with Crippen molar-refractivity contribution in [1.29, 1.82) is 0 Å². The van der Waals surface area contributed by atoms with Crippen molar-refractivity contribution >= 4 is 11.6 Å². The van der Waals surface area contributed by atoms with E-state index in [0.29, 0.717) is 13.0 Å². The Labute approximate surface area is 187 Å². The molecule has 0 amide bonds. The van der Waals surface area contributed by atoms with Crippen LogP contribution in [-0.2, 0) is 6.42 Å². The Balaban J connectivity index is 1.50. The zero-order chi connectivity index (χ0) is 22.9. The lowest BCUT2D eigenvalue weighted by Crippen LogP contribution is -2.52. The number of ether oxygens (including phenoxy) is 3. The van der Waals surface area contributed by atoms with E-state index in [0.717, 1.165) is 43.5 Å². The summed E-state index contributed by atoms with van der Waals surface area (Å²) in [6.45, 7) is 1.19. The van der Waals surface area contributed by atoms with Gasteiger partial charge in [0.05, 0.1) is 14.2 Å². The molecule has 7 nitrogen and oxygen atoms in total. The van der Waals surface area contributed by atoms with E-state index in [-0.39, 0.29) is 11.5 Å². The Morgan fingerprint density at radius 1 is 1.00 bits per heavy atom. The fraction of sp³-hybridized carbons (Fsp3) is 0.435. The molecule has 9 heteroatoms. The number of benzene rings is 2. The van der Waals surface area contributed by atoms with Crippen LogP contribution in [0.1, 0.15) is 5.56 Å². The molecule has 0 saturated carbocycles. The molecule has 0 radical (unpaired) electrons. The number of methoxy groups -OCH3 is 2. The first kappa shape index (κ1) is 23.4. The lowest BCUT2D eigenvalue weighted by molar-refractivity contribution is -0.0512. The summed E-state index contributed by atoms with van der Waals surface area (Å²) in [4.78, 5) is 8.96. The Kier molecular flexibility index (Phi) is 8.35. The fourth-order valence-electron chi connectivity index (χ4n) is 3.69. The monoisotopic (exact) mass is 448 g/mol. The summed E-state index contributed by atoms with van der Waals surface area (Å²) in [5, 5.41) is 3.37. The molecule has 2 aromatic carbocycles. The van der Waals surface area contributed by atoms with Gasteiger partial charge in [-0.05, 0) is 48.4 Å². The summed E-state index contributed by atoms with van der Waals surface area (Å²) in [5.74, 6) is 2.00. The molecule has 0 spiro atoms. The summed E-state index contributed by atoms with van der Waals surface area (Å²) in [5.41, 5.74) is 2.04. The summed E-state index contributed by atoms with van der Waals surface area (Å²) in [6, 6.07) is 13.2. The van der Waals surface area contributed by atoms with Crippen LogP contribution >= 0.6 is 0 Å². The minimum Gasteiger partial charge on any atom is -0.497 e. The normalized spacial score (nSPS) is 14.5. The first-order valence-corrected chi connectivity index (χ1v) is 10.5. The maximum absolute atomic E-state index is 12.6. The number of anilines is 1. The van der Waals surface area contributed by atoms with Crippen LogP contribution in [0.15, 0.2) is 47.5 Å². The van der Waals surface area contributed by atoms with Crippen LogP contribution in [0.25, 0.3) is 0 Å². The SMILES string of the molecule is CN=C(NCCc1ccc(OC)c(OC(F)F)c1)N1CCN(c2ccc(OC)cc2)CC1. The average molecular weight is 449 g/mol. The van der Waals surface area contributed by atoms with Crippen LogP contribution in [0, 0.1) is 0 Å². The van der Waals surface area contributed by atoms with Crippen LogP contribution in [0.4, 0.5) is 14.5 Å². The second-order valence-electron chi connectivity index (χ2n) is 7.26. The highest BCUT2D eigenvalue weighted by molar-refractivity contribution is 5.80. The summed E-state index contributed by atoms with van der Waals surface area (Å²) >= 11 is 0. The van der Waals surface area contributed by atoms with Gasteiger partial charge in [-0.1, -0.05) is 6.07 Å². The van der Waals surface area contributed by atoms with Crippen molar-refractivity contribution in [2.45, 2.75) is 13.0 Å². The molecule has 174 valence electrons. The van der Waals surface area contributed by atoms with E-state index in [2.05, 4.69) is 37.0 Å². The highest BCUT2D eigenvalue weighted by Gasteiger charge is 2.20. The number of halogens is 2. The molecule has 3 rings (SSSR count). The standard InChI is InChI=1S/C23H30F2N4O3/c1-26-23(27-11-10-17-4-9-20(31-3)21(16-17)32-22(24)25)29-14-12-28(13-15-29)18-5-7-19(30-2)8-6-18/h4-9,16,22H,10-15H2,1-3H3,(H,26,27). The quantitative estimate of drug-likeness (QED) is 0.494. The van der Waals surface area contributed by atoms with Crippen molar-refractivity contribution < 1.29 is 23.0 Å². The van der Waals surface area contributed by atoms with Crippen molar-refractivity contribution in [1.82, 2.24) is 10.2 Å². The second kappa shape index (κ2) is 11.4. The molecule has 1 fully saturated rings. The maximum atomic E-state index is 12.6. The molecule has 0 atom stereocenters. The third-order valence-electron chi connectivity index (χ3n) is 5.37. The zero-order valence-electron chi connectivity index (χ0n) is 18.7. The van der Waals surface area contributed by atoms with Gasteiger partial charge in [0.2, 0.25) is 0 Å². The van der Waals surface area contributed by atoms with Gasteiger partial charge < -0.3 is 29.3 Å². The van der Waals surface area contributed by atoms with E-state index in [1.54, 1.807) is 26.3 Å². The van der Waals surface area contributed by atoms with Crippen LogP contribution in [0.3, 0.4) is 0 Å². The number of guanidine groups is 1. The number of nitrogens with one attached hydrogen (secondary N) is 1. The molecule has 0 aliphatic carbocycles. The van der Waals surface area contributed by atoms with E-state index in [4.69, 9.17) is 9.47 Å². The summed E-state index contributed by atoms with van der Waals surface area (Å²) < 4.78 is 40.1. The predicted octanol–water partition coefficient (Wildman–Crippen LogP) is 3.25. The van der Waals surface area contributed by atoms with Crippen LogP contribution < -0.4 is 24.4 Å². The number of hydrogen-bond acceptors (Lipinski definition) is 5. The number of piperazine rings is 1. The minimum absolute atomic E-state index is 0.0408. The van der Waals surface area contributed by atoms with Gasteiger partial charge >= 0.3 is 6.61 Å². The lowest BCUT2D eigenvalue weighted by Gasteiger charge is -2.37. The van der Waals surface area contributed by atoms with Crippen LogP contribution in [-0.4, -0.2) is 71.5 Å². The molecule has 1 aliphatic rings. The molecule has 1 saturated heterocycles. The smallest absolute Gasteiger partial charge is 0.387 e. The van der Waals surface area contributed by atoms with Gasteiger partial charge in [0.15, 0.2) is 17.5 Å². The maximum Gasteiger partial charge on any atom is 0.387 e. The molecular weight excluding hydrogens is 418 g/mol. The molecule has 1 heterocycles. The Morgan fingerprint density at radius 2 is 1.72 bits per heavy atom. The predicted molar refractivity (Wildman–Crippen MR) is 121 cm³/mol. The molecule has 32 heavy (non-hydrogen) atoms. The van der Waals surface area contributed by atoms with E-state index in [1.165, 1.54) is 12.8 Å². The molecule has 2 aromatic rings. The third kappa shape index (κ3) is 6.15. The lowest BCUT2D eigenvalue weighted by atomic mass is 10.1. The molecule has 0 aromatic heterocycles. The van der Waals surface area contributed by atoms with E-state index in [1.807, 2.05) is 18.2 Å². The fourth-order valence-corrected chi connectivity index (χ4v) is 3.69. The van der Waals surface area contributed by atoms with E-state index >= 15 is 0 Å². The highest BCUT2D eigenvalue weighted by atomic mass is 19.3. The number of rotatable bonds is 8. The van der Waals surface area contributed by atoms with Crippen LogP contribution in [0.2, 0.25) is 0 Å². The first-order chi connectivity index (χ1) is 15.5. The second-order valence-corrected chi connectivity index (χ2v) is 7.26. The number of nitrogens with zero attached hydrogens (tertiary/aromatic N) is 3. The molecule has 1 N–H and O–H groups in total. The Hall–Kier alpha value is -3.23. The number of aliphatic imine (C=N–C) groups is 1. The van der Waals surface area contributed by atoms with Crippen molar-refractivity contribution in [2.24, 2.45) is 4.99 Å². The van der Waals surface area contributed by atoms with Gasteiger partial charge in [0, 0.05) is 45.5 Å². The Morgan fingerprint density at radius 3 is 2.31 bits per heavy atom. The van der Waals surface area contributed by atoms with Crippen LogP contribution in [0.5, 0.6) is 17.2 Å². The number of alkyl halides is 2. The molecular formula is C23H30F2N4O3. The van der Waals surface area contributed by atoms with Gasteiger partial charge in [-0.15, -0.1) is 0 Å². The summed E-state index contributed by atoms with van der Waals surface area (Å²) in [6.07, 6.45) is 0.633. The van der Waals surface area contributed by atoms with Gasteiger partial charge in [-0.25, -0.2) is 0 Å². The van der Waals surface area contributed by atoms with Crippen molar-refractivity contribution in [3.63, 3.8) is 0 Å². The van der Waals surface area contributed by atoms with Crippen molar-refractivity contribution in [3.05, 3.63) is 48.0 Å². The zero-order valence-corrected chi connectivity index (χ0v) is 18.7. The largest absolute Gasteiger partial charge is 0.497 e. The van der Waals surface area contributed by atoms with Gasteiger partial charge in [-0.2, -0.15) is 8.78 Å². The Bertz CT molecular complexity index is 885. The van der Waals surface area contributed by atoms with Crippen molar-refractivity contribution in [3.8, 4) is 17.2 Å². The highest BCUT2D eigenvalue weighted by Crippen LogP contribution is 2.29. The summed E-state index contributed by atoms with van der Waals surface area (Å²) in [7, 11) is 4.85. The minimum atomic E-state index is -2.90. The molecule has 1 aliphatic heterocycles. The van der Waals surface area contributed by atoms with Gasteiger partial charge in [-0.3, -0.25) is 4.99 Å².